The monoisotopic (exact) mass is 750 g/mol. The van der Waals surface area contributed by atoms with Crippen molar-refractivity contribution < 1.29 is 29.0 Å². The number of hydrogen-bond acceptors (Lipinski definition) is 8. The molecular formula is C43H54N6O6. The molecule has 0 radical (unpaired) electrons. The zero-order valence-electron chi connectivity index (χ0n) is 32.1. The van der Waals surface area contributed by atoms with Crippen LogP contribution in [0.3, 0.4) is 0 Å². The number of aliphatic hydroxyl groups excluding tert-OH is 1. The van der Waals surface area contributed by atoms with Crippen molar-refractivity contribution in [1.82, 2.24) is 31.6 Å². The molecule has 2 bridgehead atoms. The number of fused-ring (bicyclic) bond motifs is 13. The zero-order valence-corrected chi connectivity index (χ0v) is 32.1. The van der Waals surface area contributed by atoms with E-state index in [2.05, 4.69) is 31.6 Å². The Bertz CT molecular complexity index is 1890. The SMILES string of the molecule is CCC(C)[C@@H]1NC(=O)[C@@H](NCC(O)[C@H](Cc2ccccc2)NC(=O)[C@@H](NC(=O)c2ccc3ccccc3n2)C(C)C)Cc2ccc(cc2)OCCCNC1=O. The summed E-state index contributed by atoms with van der Waals surface area (Å²) in [7, 11) is 0. The van der Waals surface area contributed by atoms with Gasteiger partial charge in [-0.1, -0.05) is 101 Å². The number of aromatic nitrogens is 1. The molecule has 292 valence electrons. The first kappa shape index (κ1) is 40.8. The predicted molar refractivity (Wildman–Crippen MR) is 212 cm³/mol. The number of para-hydroxylation sites is 1. The highest BCUT2D eigenvalue weighted by atomic mass is 16.5. The van der Waals surface area contributed by atoms with Gasteiger partial charge in [-0.2, -0.15) is 0 Å². The van der Waals surface area contributed by atoms with Crippen molar-refractivity contribution in [2.24, 2.45) is 11.8 Å². The number of rotatable bonds is 13. The molecule has 6 atom stereocenters. The summed E-state index contributed by atoms with van der Waals surface area (Å²) in [5.41, 5.74) is 2.60. The molecule has 0 saturated heterocycles. The van der Waals surface area contributed by atoms with Crippen molar-refractivity contribution in [3.8, 4) is 5.75 Å². The summed E-state index contributed by atoms with van der Waals surface area (Å²) in [6.07, 6.45) is 0.701. The largest absolute Gasteiger partial charge is 0.494 e. The Morgan fingerprint density at radius 2 is 1.64 bits per heavy atom. The molecule has 0 aliphatic carbocycles. The lowest BCUT2D eigenvalue weighted by atomic mass is 9.96. The van der Waals surface area contributed by atoms with Crippen molar-refractivity contribution in [2.45, 2.75) is 83.6 Å². The van der Waals surface area contributed by atoms with E-state index in [9.17, 15) is 24.3 Å². The van der Waals surface area contributed by atoms with Crippen molar-refractivity contribution in [1.29, 1.82) is 0 Å². The molecule has 4 aromatic rings. The number of carbonyl (C=O) groups excluding carboxylic acids is 4. The van der Waals surface area contributed by atoms with Crippen LogP contribution in [0.15, 0.2) is 91.0 Å². The summed E-state index contributed by atoms with van der Waals surface area (Å²) in [5, 5.41) is 27.7. The summed E-state index contributed by atoms with van der Waals surface area (Å²) in [6.45, 7) is 8.35. The molecule has 6 N–H and O–H groups in total. The first-order valence-corrected chi connectivity index (χ1v) is 19.2. The maximum absolute atomic E-state index is 14.0. The Balaban J connectivity index is 1.34. The van der Waals surface area contributed by atoms with Gasteiger partial charge in [0.05, 0.1) is 30.3 Å². The lowest BCUT2D eigenvalue weighted by molar-refractivity contribution is -0.131. The van der Waals surface area contributed by atoms with Crippen molar-refractivity contribution >= 4 is 34.5 Å². The van der Waals surface area contributed by atoms with Crippen LogP contribution in [0.1, 0.15) is 62.2 Å². The molecule has 12 nitrogen and oxygen atoms in total. The number of hydrogen-bond donors (Lipinski definition) is 6. The third-order valence-corrected chi connectivity index (χ3v) is 10.1. The second-order valence-corrected chi connectivity index (χ2v) is 14.6. The lowest BCUT2D eigenvalue weighted by Crippen LogP contribution is -2.58. The molecule has 0 saturated carbocycles. The maximum atomic E-state index is 14.0. The van der Waals surface area contributed by atoms with Gasteiger partial charge in [0.15, 0.2) is 0 Å². The Kier molecular flexibility index (Phi) is 14.7. The van der Waals surface area contributed by atoms with Crippen molar-refractivity contribution in [3.63, 3.8) is 0 Å². The number of aliphatic hydroxyl groups is 1. The standard InChI is InChI=1S/C43H54N6O6/c1-5-28(4)39-42(53)44-22-11-23-55-32-19-16-30(17-20-32)25-36(41(52)49-39)45-26-37(50)35(24-29-12-7-6-8-13-29)47-43(54)38(27(2)3)48-40(51)34-21-18-31-14-9-10-15-33(31)46-34/h6-10,12-21,27-28,35-39,45,50H,5,11,22-26H2,1-4H3,(H,44,53)(H,47,54)(H,48,51)(H,49,52)/t28?,35-,36-,37?,38-,39-/m0/s1. The molecule has 1 aromatic heterocycles. The van der Waals surface area contributed by atoms with E-state index in [-0.39, 0.29) is 48.7 Å². The predicted octanol–water partition coefficient (Wildman–Crippen LogP) is 3.71. The van der Waals surface area contributed by atoms with Gasteiger partial charge < -0.3 is 36.4 Å². The molecule has 4 amide bonds. The number of carbonyl (C=O) groups is 4. The molecule has 2 aliphatic rings. The molecule has 55 heavy (non-hydrogen) atoms. The van der Waals surface area contributed by atoms with Crippen LogP contribution >= 0.6 is 0 Å². The van der Waals surface area contributed by atoms with Crippen molar-refractivity contribution in [3.05, 3.63) is 108 Å². The van der Waals surface area contributed by atoms with Crippen molar-refractivity contribution in [2.75, 3.05) is 19.7 Å². The summed E-state index contributed by atoms with van der Waals surface area (Å²) >= 11 is 0. The van der Waals surface area contributed by atoms with E-state index in [1.165, 1.54) is 0 Å². The maximum Gasteiger partial charge on any atom is 0.270 e. The van der Waals surface area contributed by atoms with E-state index >= 15 is 0 Å². The van der Waals surface area contributed by atoms with Crippen LogP contribution < -0.4 is 31.3 Å². The zero-order chi connectivity index (χ0) is 39.3. The number of amides is 4. The van der Waals surface area contributed by atoms with Gasteiger partial charge in [0.2, 0.25) is 17.7 Å². The highest BCUT2D eigenvalue weighted by Gasteiger charge is 2.32. The van der Waals surface area contributed by atoms with Crippen LogP contribution in [-0.2, 0) is 27.2 Å². The molecular weight excluding hydrogens is 697 g/mol. The Labute approximate surface area is 323 Å². The highest BCUT2D eigenvalue weighted by molar-refractivity contribution is 5.98. The minimum Gasteiger partial charge on any atom is -0.494 e. The molecule has 3 heterocycles. The van der Waals surface area contributed by atoms with Gasteiger partial charge in [-0.15, -0.1) is 0 Å². The second kappa shape index (κ2) is 19.8. The normalized spacial score (nSPS) is 18.8. The van der Waals surface area contributed by atoms with E-state index in [0.29, 0.717) is 37.3 Å². The van der Waals surface area contributed by atoms with Gasteiger partial charge in [0.25, 0.3) is 5.91 Å². The third kappa shape index (κ3) is 11.6. The van der Waals surface area contributed by atoms with Crippen LogP contribution in [-0.4, -0.2) is 83.7 Å². The molecule has 2 unspecified atom stereocenters. The second-order valence-electron chi connectivity index (χ2n) is 14.6. The Morgan fingerprint density at radius 1 is 0.909 bits per heavy atom. The fourth-order valence-corrected chi connectivity index (χ4v) is 6.53. The summed E-state index contributed by atoms with van der Waals surface area (Å²) in [6, 6.07) is 24.6. The third-order valence-electron chi connectivity index (χ3n) is 10.1. The average Bonchev–Trinajstić information content (AvgIpc) is 3.20. The van der Waals surface area contributed by atoms with E-state index < -0.39 is 42.1 Å². The molecule has 6 rings (SSSR count). The van der Waals surface area contributed by atoms with Crippen LogP contribution in [0.4, 0.5) is 0 Å². The Hall–Kier alpha value is -5.33. The van der Waals surface area contributed by atoms with Gasteiger partial charge in [-0.05, 0) is 66.5 Å². The molecule has 2 aliphatic heterocycles. The fraction of sp³-hybridized carbons (Fsp3) is 0.419. The van der Waals surface area contributed by atoms with Gasteiger partial charge in [0, 0.05) is 18.5 Å². The van der Waals surface area contributed by atoms with Crippen LogP contribution in [0, 0.1) is 11.8 Å². The van der Waals surface area contributed by atoms with Gasteiger partial charge in [-0.25, -0.2) is 4.98 Å². The summed E-state index contributed by atoms with van der Waals surface area (Å²) in [5.74, 6) is -1.31. The number of benzene rings is 3. The van der Waals surface area contributed by atoms with Gasteiger partial charge in [-0.3, -0.25) is 19.2 Å². The van der Waals surface area contributed by atoms with Gasteiger partial charge in [0.1, 0.15) is 23.5 Å². The number of pyridine rings is 1. The highest BCUT2D eigenvalue weighted by Crippen LogP contribution is 2.17. The van der Waals surface area contributed by atoms with E-state index in [1.807, 2.05) is 113 Å². The topological polar surface area (TPSA) is 171 Å². The lowest BCUT2D eigenvalue weighted by Gasteiger charge is -2.30. The molecule has 0 fully saturated rings. The number of ether oxygens (including phenoxy) is 1. The smallest absolute Gasteiger partial charge is 0.270 e. The average molecular weight is 751 g/mol. The first-order valence-electron chi connectivity index (χ1n) is 19.2. The van der Waals surface area contributed by atoms with Crippen LogP contribution in [0.25, 0.3) is 10.9 Å². The Morgan fingerprint density at radius 3 is 2.36 bits per heavy atom. The minimum atomic E-state index is -1.15. The van der Waals surface area contributed by atoms with E-state index in [4.69, 9.17) is 4.74 Å². The summed E-state index contributed by atoms with van der Waals surface area (Å²) < 4.78 is 5.85. The number of nitrogens with zero attached hydrogens (tertiary/aromatic N) is 1. The van der Waals surface area contributed by atoms with Crippen LogP contribution in [0.5, 0.6) is 5.75 Å². The van der Waals surface area contributed by atoms with E-state index in [0.717, 1.165) is 16.5 Å². The fourth-order valence-electron chi connectivity index (χ4n) is 6.53. The van der Waals surface area contributed by atoms with Gasteiger partial charge >= 0.3 is 0 Å². The molecule has 0 spiro atoms. The molecule has 3 aromatic carbocycles. The van der Waals surface area contributed by atoms with Crippen LogP contribution in [0.2, 0.25) is 0 Å². The summed E-state index contributed by atoms with van der Waals surface area (Å²) in [4.78, 5) is 59.0. The van der Waals surface area contributed by atoms with E-state index in [1.54, 1.807) is 6.07 Å². The first-order chi connectivity index (χ1) is 26.5. The quantitative estimate of drug-likeness (QED) is 0.120. The number of nitrogens with one attached hydrogen (secondary N) is 5. The minimum absolute atomic E-state index is 0.0586. The molecule has 12 heteroatoms.